The summed E-state index contributed by atoms with van der Waals surface area (Å²) in [5, 5.41) is 3.55. The molecule has 0 spiro atoms. The molecule has 1 aromatic heterocycles. The van der Waals surface area contributed by atoms with Gasteiger partial charge in [-0.1, -0.05) is 48.0 Å². The molecule has 0 aliphatic carbocycles. The maximum absolute atomic E-state index is 12.9. The third kappa shape index (κ3) is 4.71. The molecule has 3 aromatic rings. The second-order valence-corrected chi connectivity index (χ2v) is 10.3. The highest BCUT2D eigenvalue weighted by Crippen LogP contribution is 2.39. The zero-order valence-corrected chi connectivity index (χ0v) is 18.9. The Labute approximate surface area is 191 Å². The zero-order valence-electron chi connectivity index (χ0n) is 17.4. The highest BCUT2D eigenvalue weighted by molar-refractivity contribution is 7.90. The van der Waals surface area contributed by atoms with Crippen LogP contribution in [0.1, 0.15) is 11.1 Å². The van der Waals surface area contributed by atoms with Gasteiger partial charge in [0, 0.05) is 35.6 Å². The average molecular weight is 472 g/mol. The van der Waals surface area contributed by atoms with Crippen molar-refractivity contribution in [3.63, 3.8) is 0 Å². The molecule has 4 rings (SSSR count). The van der Waals surface area contributed by atoms with E-state index in [1.807, 2.05) is 42.5 Å². The number of benzene rings is 2. The van der Waals surface area contributed by atoms with Crippen LogP contribution in [0, 0.1) is 0 Å². The number of carbonyl (C=O) groups is 1. The van der Waals surface area contributed by atoms with E-state index in [0.29, 0.717) is 22.2 Å². The lowest BCUT2D eigenvalue weighted by Gasteiger charge is -2.31. The van der Waals surface area contributed by atoms with Gasteiger partial charge in [-0.2, -0.15) is 0 Å². The van der Waals surface area contributed by atoms with Crippen molar-refractivity contribution >= 4 is 27.5 Å². The molecule has 166 valence electrons. The standard InChI is InChI=1S/C23H22ClN3O4S/c1-32(29,30)14-13-27-16-23(26-22(27)28,19-9-2-3-10-20(19)24)17-7-6-8-18(15-17)31-21-11-4-5-12-25-21/h2-12,15H,13-14,16H2,1H3,(H,26,28). The number of sulfone groups is 1. The molecule has 1 unspecified atom stereocenters. The molecule has 0 radical (unpaired) electrons. The van der Waals surface area contributed by atoms with Gasteiger partial charge in [0.2, 0.25) is 5.88 Å². The largest absolute Gasteiger partial charge is 0.439 e. The summed E-state index contributed by atoms with van der Waals surface area (Å²) in [5.41, 5.74) is 0.497. The van der Waals surface area contributed by atoms with E-state index in [9.17, 15) is 13.2 Å². The Morgan fingerprint density at radius 1 is 1.12 bits per heavy atom. The van der Waals surface area contributed by atoms with Crippen molar-refractivity contribution < 1.29 is 17.9 Å². The fourth-order valence-electron chi connectivity index (χ4n) is 3.75. The monoisotopic (exact) mass is 471 g/mol. The number of hydrogen-bond acceptors (Lipinski definition) is 5. The van der Waals surface area contributed by atoms with E-state index in [-0.39, 0.29) is 24.9 Å². The van der Waals surface area contributed by atoms with Crippen molar-refractivity contribution in [2.75, 3.05) is 25.1 Å². The predicted molar refractivity (Wildman–Crippen MR) is 123 cm³/mol. The molecule has 32 heavy (non-hydrogen) atoms. The lowest BCUT2D eigenvalue weighted by molar-refractivity contribution is 0.220. The van der Waals surface area contributed by atoms with Crippen LogP contribution < -0.4 is 10.1 Å². The Morgan fingerprint density at radius 2 is 1.91 bits per heavy atom. The average Bonchev–Trinajstić information content (AvgIpc) is 3.10. The molecule has 0 bridgehead atoms. The van der Waals surface area contributed by atoms with Crippen LogP contribution in [0.25, 0.3) is 0 Å². The second kappa shape index (κ2) is 8.80. The Balaban J connectivity index is 1.74. The minimum absolute atomic E-state index is 0.0843. The van der Waals surface area contributed by atoms with Crippen LogP contribution in [-0.4, -0.2) is 49.4 Å². The predicted octanol–water partition coefficient (Wildman–Crippen LogP) is 3.84. The molecular formula is C23H22ClN3O4S. The highest BCUT2D eigenvalue weighted by Gasteiger charge is 2.46. The molecular weight excluding hydrogens is 450 g/mol. The van der Waals surface area contributed by atoms with E-state index in [1.54, 1.807) is 30.5 Å². The number of hydrogen-bond donors (Lipinski definition) is 1. The van der Waals surface area contributed by atoms with Crippen molar-refractivity contribution in [1.29, 1.82) is 0 Å². The first-order valence-electron chi connectivity index (χ1n) is 9.96. The van der Waals surface area contributed by atoms with Crippen LogP contribution in [0.15, 0.2) is 72.9 Å². The summed E-state index contributed by atoms with van der Waals surface area (Å²) in [6.07, 6.45) is 2.79. The molecule has 1 fully saturated rings. The number of ether oxygens (including phenoxy) is 1. The number of urea groups is 1. The third-order valence-corrected chi connectivity index (χ3v) is 6.54. The third-order valence-electron chi connectivity index (χ3n) is 5.29. The van der Waals surface area contributed by atoms with E-state index in [4.69, 9.17) is 16.3 Å². The molecule has 2 aromatic carbocycles. The van der Waals surface area contributed by atoms with Crippen LogP contribution in [-0.2, 0) is 15.4 Å². The van der Waals surface area contributed by atoms with Crippen LogP contribution in [0.3, 0.4) is 0 Å². The molecule has 1 aliphatic heterocycles. The number of pyridine rings is 1. The fraction of sp³-hybridized carbons (Fsp3) is 0.217. The topological polar surface area (TPSA) is 88.6 Å². The van der Waals surface area contributed by atoms with Gasteiger partial charge >= 0.3 is 6.03 Å². The number of nitrogens with one attached hydrogen (secondary N) is 1. The number of halogens is 1. The number of amides is 2. The molecule has 1 N–H and O–H groups in total. The first kappa shape index (κ1) is 22.1. The van der Waals surface area contributed by atoms with Crippen molar-refractivity contribution in [3.8, 4) is 11.6 Å². The molecule has 2 heterocycles. The fourth-order valence-corrected chi connectivity index (χ4v) is 4.60. The SMILES string of the molecule is CS(=O)(=O)CCN1CC(c2cccc(Oc3ccccn3)c2)(c2ccccc2Cl)NC1=O. The molecule has 1 aliphatic rings. The minimum Gasteiger partial charge on any atom is -0.439 e. The van der Waals surface area contributed by atoms with Crippen molar-refractivity contribution in [3.05, 3.63) is 89.1 Å². The molecule has 2 amide bonds. The lowest BCUT2D eigenvalue weighted by atomic mass is 9.83. The molecule has 7 nitrogen and oxygen atoms in total. The van der Waals surface area contributed by atoms with E-state index in [2.05, 4.69) is 10.3 Å². The zero-order chi connectivity index (χ0) is 22.8. The maximum Gasteiger partial charge on any atom is 0.318 e. The quantitative estimate of drug-likeness (QED) is 0.565. The summed E-state index contributed by atoms with van der Waals surface area (Å²) in [4.78, 5) is 18.6. The number of carbonyl (C=O) groups excluding carboxylic acids is 1. The van der Waals surface area contributed by atoms with Gasteiger partial charge in [0.05, 0.1) is 12.3 Å². The van der Waals surface area contributed by atoms with Crippen LogP contribution in [0.2, 0.25) is 5.02 Å². The lowest BCUT2D eigenvalue weighted by Crippen LogP contribution is -2.42. The summed E-state index contributed by atoms with van der Waals surface area (Å²) >= 11 is 6.55. The Hall–Kier alpha value is -3.10. The van der Waals surface area contributed by atoms with E-state index in [0.717, 1.165) is 11.8 Å². The number of nitrogens with zero attached hydrogens (tertiary/aromatic N) is 2. The van der Waals surface area contributed by atoms with E-state index in [1.165, 1.54) is 4.90 Å². The van der Waals surface area contributed by atoms with Crippen molar-refractivity contribution in [2.45, 2.75) is 5.54 Å². The summed E-state index contributed by atoms with van der Waals surface area (Å²) < 4.78 is 29.2. The number of aromatic nitrogens is 1. The molecule has 9 heteroatoms. The van der Waals surface area contributed by atoms with E-state index >= 15 is 0 Å². The van der Waals surface area contributed by atoms with Crippen LogP contribution in [0.4, 0.5) is 4.79 Å². The van der Waals surface area contributed by atoms with Gasteiger partial charge in [-0.15, -0.1) is 0 Å². The van der Waals surface area contributed by atoms with Gasteiger partial charge in [-0.05, 0) is 29.8 Å². The second-order valence-electron chi connectivity index (χ2n) is 7.66. The van der Waals surface area contributed by atoms with Crippen molar-refractivity contribution in [2.24, 2.45) is 0 Å². The number of rotatable bonds is 7. The van der Waals surface area contributed by atoms with Gasteiger partial charge in [0.15, 0.2) is 0 Å². The maximum atomic E-state index is 12.9. The van der Waals surface area contributed by atoms with Crippen LogP contribution in [0.5, 0.6) is 11.6 Å². The van der Waals surface area contributed by atoms with Gasteiger partial charge in [0.1, 0.15) is 21.1 Å². The first-order chi connectivity index (χ1) is 15.3. The van der Waals surface area contributed by atoms with E-state index < -0.39 is 15.4 Å². The summed E-state index contributed by atoms with van der Waals surface area (Å²) in [7, 11) is -3.23. The van der Waals surface area contributed by atoms with Gasteiger partial charge in [-0.3, -0.25) is 0 Å². The summed E-state index contributed by atoms with van der Waals surface area (Å²) in [6.45, 7) is 0.305. The van der Waals surface area contributed by atoms with Gasteiger partial charge < -0.3 is 15.0 Å². The first-order valence-corrected chi connectivity index (χ1v) is 12.4. The molecule has 1 saturated heterocycles. The van der Waals surface area contributed by atoms with Gasteiger partial charge in [0.25, 0.3) is 0 Å². The van der Waals surface area contributed by atoms with Crippen LogP contribution >= 0.6 is 11.6 Å². The Bertz CT molecular complexity index is 1240. The minimum atomic E-state index is -3.23. The Kier molecular flexibility index (Phi) is 6.08. The van der Waals surface area contributed by atoms with Crippen molar-refractivity contribution in [1.82, 2.24) is 15.2 Å². The highest BCUT2D eigenvalue weighted by atomic mass is 35.5. The molecule has 1 atom stereocenters. The normalized spacial score (nSPS) is 18.4. The molecule has 0 saturated carbocycles. The Morgan fingerprint density at radius 3 is 2.62 bits per heavy atom. The summed E-state index contributed by atoms with van der Waals surface area (Å²) in [5.74, 6) is 0.875. The summed E-state index contributed by atoms with van der Waals surface area (Å²) in [6, 6.07) is 19.7. The smallest absolute Gasteiger partial charge is 0.318 e. The van der Waals surface area contributed by atoms with Gasteiger partial charge in [-0.25, -0.2) is 18.2 Å².